The number of nitrogens with zero attached hydrogens (tertiary/aromatic N) is 2. The number of amides is 3. The van der Waals surface area contributed by atoms with Gasteiger partial charge < -0.3 is 5.32 Å². The summed E-state index contributed by atoms with van der Waals surface area (Å²) in [6.45, 7) is 1.39. The van der Waals surface area contributed by atoms with Gasteiger partial charge in [-0.25, -0.2) is 0 Å². The number of thiocarbonyl (C=S) groups is 1. The fourth-order valence-corrected chi connectivity index (χ4v) is 6.01. The first-order chi connectivity index (χ1) is 18.6. The monoisotopic (exact) mass is 567 g/mol. The van der Waals surface area contributed by atoms with Crippen molar-refractivity contribution in [2.75, 3.05) is 16.8 Å². The van der Waals surface area contributed by atoms with E-state index in [0.717, 1.165) is 29.5 Å². The molecule has 0 aliphatic carbocycles. The van der Waals surface area contributed by atoms with E-state index in [1.807, 2.05) is 37.3 Å². The quantitative estimate of drug-likeness (QED) is 0.302. The zero-order chi connectivity index (χ0) is 27.9. The predicted molar refractivity (Wildman–Crippen MR) is 148 cm³/mol. The van der Waals surface area contributed by atoms with Crippen LogP contribution in [0.3, 0.4) is 0 Å². The second kappa shape index (κ2) is 10.3. The van der Waals surface area contributed by atoms with Crippen molar-refractivity contribution in [2.24, 2.45) is 0 Å². The SMILES string of the molecule is C[C@H](c1ccccc1)N1C(=O)/C(=C2/C(=O)N(CC(=O)Nc3cccc(C(F)(F)F)c3)c3ccccc32)SC1=S. The van der Waals surface area contributed by atoms with Crippen molar-refractivity contribution in [3.63, 3.8) is 0 Å². The third-order valence-electron chi connectivity index (χ3n) is 6.39. The van der Waals surface area contributed by atoms with Crippen molar-refractivity contribution in [3.05, 3.63) is 100 Å². The largest absolute Gasteiger partial charge is 0.416 e. The van der Waals surface area contributed by atoms with Crippen LogP contribution >= 0.6 is 24.0 Å². The predicted octanol–water partition coefficient (Wildman–Crippen LogP) is 6.02. The lowest BCUT2D eigenvalue weighted by atomic mass is 10.1. The van der Waals surface area contributed by atoms with E-state index in [1.54, 1.807) is 24.3 Å². The Balaban J connectivity index is 1.43. The van der Waals surface area contributed by atoms with Gasteiger partial charge >= 0.3 is 6.18 Å². The summed E-state index contributed by atoms with van der Waals surface area (Å²) in [7, 11) is 0. The normalized spacial score (nSPS) is 18.0. The van der Waals surface area contributed by atoms with Crippen LogP contribution in [-0.4, -0.2) is 33.5 Å². The number of rotatable bonds is 5. The molecule has 2 aliphatic rings. The molecule has 0 aromatic heterocycles. The number of benzene rings is 3. The minimum atomic E-state index is -4.57. The molecule has 198 valence electrons. The molecule has 1 N–H and O–H groups in total. The van der Waals surface area contributed by atoms with E-state index >= 15 is 0 Å². The Labute approximate surface area is 231 Å². The summed E-state index contributed by atoms with van der Waals surface area (Å²) in [5.41, 5.74) is 0.951. The van der Waals surface area contributed by atoms with Crippen LogP contribution in [0.15, 0.2) is 83.8 Å². The van der Waals surface area contributed by atoms with Crippen LogP contribution in [0.2, 0.25) is 0 Å². The highest BCUT2D eigenvalue weighted by atomic mass is 32.2. The van der Waals surface area contributed by atoms with E-state index in [4.69, 9.17) is 12.2 Å². The maximum Gasteiger partial charge on any atom is 0.416 e. The Hall–Kier alpha value is -3.96. The molecule has 6 nitrogen and oxygen atoms in total. The first-order valence-electron chi connectivity index (χ1n) is 11.8. The number of para-hydroxylation sites is 1. The standard InChI is InChI=1S/C28H20F3N3O3S2/c1-16(17-8-3-2-4-9-17)34-26(37)24(39-27(34)38)23-20-12-5-6-13-21(20)33(25(23)36)15-22(35)32-19-11-7-10-18(14-19)28(29,30)31/h2-14,16H,15H2,1H3,(H,32,35)/b24-23-/t16-/m1/s1. The molecule has 0 radical (unpaired) electrons. The number of halogens is 3. The zero-order valence-electron chi connectivity index (χ0n) is 20.4. The molecule has 5 rings (SSSR count). The van der Waals surface area contributed by atoms with Gasteiger partial charge in [0.05, 0.1) is 27.8 Å². The number of carbonyl (C=O) groups excluding carboxylic acids is 3. The number of hydrogen-bond acceptors (Lipinski definition) is 5. The van der Waals surface area contributed by atoms with Gasteiger partial charge in [-0.15, -0.1) is 0 Å². The van der Waals surface area contributed by atoms with Gasteiger partial charge in [0.2, 0.25) is 5.91 Å². The average molecular weight is 568 g/mol. The molecule has 3 aromatic rings. The maximum absolute atomic E-state index is 13.6. The van der Waals surface area contributed by atoms with Crippen molar-refractivity contribution in [3.8, 4) is 0 Å². The topological polar surface area (TPSA) is 69.7 Å². The van der Waals surface area contributed by atoms with Crippen LogP contribution < -0.4 is 10.2 Å². The average Bonchev–Trinajstić information content (AvgIpc) is 3.35. The van der Waals surface area contributed by atoms with Gasteiger partial charge in [0, 0.05) is 11.3 Å². The molecule has 2 heterocycles. The number of fused-ring (bicyclic) bond motifs is 1. The third kappa shape index (κ3) is 5.07. The molecule has 3 amide bonds. The van der Waals surface area contributed by atoms with E-state index in [0.29, 0.717) is 15.6 Å². The second-order valence-corrected chi connectivity index (χ2v) is 10.5. The molecule has 3 aromatic carbocycles. The highest BCUT2D eigenvalue weighted by Gasteiger charge is 2.44. The van der Waals surface area contributed by atoms with Crippen LogP contribution in [0.25, 0.3) is 5.57 Å². The number of carbonyl (C=O) groups is 3. The Morgan fingerprint density at radius 3 is 2.38 bits per heavy atom. The van der Waals surface area contributed by atoms with Crippen LogP contribution in [0.5, 0.6) is 0 Å². The number of nitrogens with one attached hydrogen (secondary N) is 1. The van der Waals surface area contributed by atoms with Gasteiger partial charge in [-0.05, 0) is 36.8 Å². The summed E-state index contributed by atoms with van der Waals surface area (Å²) >= 11 is 6.55. The van der Waals surface area contributed by atoms with Gasteiger partial charge in [-0.2, -0.15) is 13.2 Å². The molecule has 39 heavy (non-hydrogen) atoms. The lowest BCUT2D eigenvalue weighted by Gasteiger charge is -2.23. The summed E-state index contributed by atoms with van der Waals surface area (Å²) in [6, 6.07) is 20.0. The number of alkyl halides is 3. The zero-order valence-corrected chi connectivity index (χ0v) is 22.0. The minimum Gasteiger partial charge on any atom is -0.325 e. The molecular formula is C28H20F3N3O3S2. The van der Waals surface area contributed by atoms with Gasteiger partial charge in [-0.3, -0.25) is 24.2 Å². The summed E-state index contributed by atoms with van der Waals surface area (Å²) in [5.74, 6) is -1.66. The second-order valence-electron chi connectivity index (χ2n) is 8.87. The van der Waals surface area contributed by atoms with Gasteiger partial charge in [0.1, 0.15) is 10.9 Å². The third-order valence-corrected chi connectivity index (χ3v) is 7.79. The molecule has 2 aliphatic heterocycles. The molecule has 11 heteroatoms. The highest BCUT2D eigenvalue weighted by molar-refractivity contribution is 8.26. The first-order valence-corrected chi connectivity index (χ1v) is 13.0. The van der Waals surface area contributed by atoms with Gasteiger partial charge in [0.15, 0.2) is 0 Å². The first kappa shape index (κ1) is 26.6. The van der Waals surface area contributed by atoms with E-state index in [1.165, 1.54) is 21.9 Å². The van der Waals surface area contributed by atoms with Crippen molar-refractivity contribution < 1.29 is 27.6 Å². The Morgan fingerprint density at radius 2 is 1.67 bits per heavy atom. The summed E-state index contributed by atoms with van der Waals surface area (Å²) in [4.78, 5) is 42.9. The molecule has 1 fully saturated rings. The Kier molecular flexibility index (Phi) is 7.04. The summed E-state index contributed by atoms with van der Waals surface area (Å²) in [6.07, 6.45) is -4.57. The molecule has 0 unspecified atom stereocenters. The lowest BCUT2D eigenvalue weighted by Crippen LogP contribution is -2.35. The summed E-state index contributed by atoms with van der Waals surface area (Å²) in [5, 5.41) is 2.42. The Bertz CT molecular complexity index is 1540. The Morgan fingerprint density at radius 1 is 0.974 bits per heavy atom. The molecule has 1 atom stereocenters. The fourth-order valence-electron chi connectivity index (χ4n) is 4.52. The van der Waals surface area contributed by atoms with E-state index in [-0.39, 0.29) is 22.2 Å². The molecule has 0 saturated carbocycles. The van der Waals surface area contributed by atoms with Crippen molar-refractivity contribution in [1.29, 1.82) is 0 Å². The minimum absolute atomic E-state index is 0.0502. The highest BCUT2D eigenvalue weighted by Crippen LogP contribution is 2.46. The van der Waals surface area contributed by atoms with Crippen molar-refractivity contribution in [1.82, 2.24) is 4.90 Å². The number of anilines is 2. The van der Waals surface area contributed by atoms with E-state index < -0.39 is 36.0 Å². The van der Waals surface area contributed by atoms with Gasteiger partial charge in [-0.1, -0.05) is 78.6 Å². The van der Waals surface area contributed by atoms with Crippen LogP contribution in [0.1, 0.15) is 29.7 Å². The van der Waals surface area contributed by atoms with Gasteiger partial charge in [0.25, 0.3) is 11.8 Å². The van der Waals surface area contributed by atoms with E-state index in [2.05, 4.69) is 5.32 Å². The summed E-state index contributed by atoms with van der Waals surface area (Å²) < 4.78 is 39.5. The number of thioether (sulfide) groups is 1. The van der Waals surface area contributed by atoms with Crippen molar-refractivity contribution in [2.45, 2.75) is 19.1 Å². The van der Waals surface area contributed by atoms with Crippen LogP contribution in [-0.2, 0) is 20.6 Å². The molecule has 0 spiro atoms. The van der Waals surface area contributed by atoms with Crippen LogP contribution in [0, 0.1) is 0 Å². The number of hydrogen-bond donors (Lipinski definition) is 1. The molecular weight excluding hydrogens is 547 g/mol. The van der Waals surface area contributed by atoms with Crippen LogP contribution in [0.4, 0.5) is 24.5 Å². The van der Waals surface area contributed by atoms with E-state index in [9.17, 15) is 27.6 Å². The lowest BCUT2D eigenvalue weighted by molar-refractivity contribution is -0.137. The maximum atomic E-state index is 13.6. The van der Waals surface area contributed by atoms with Crippen molar-refractivity contribution >= 4 is 63.0 Å². The molecule has 0 bridgehead atoms. The smallest absolute Gasteiger partial charge is 0.325 e. The fraction of sp³-hybridized carbons (Fsp3) is 0.143. The molecule has 1 saturated heterocycles.